The first-order chi connectivity index (χ1) is 13.4. The fourth-order valence-corrected chi connectivity index (χ4v) is 5.20. The minimum Gasteiger partial charge on any atom is -0.305 e. The Hall–Kier alpha value is -1.75. The maximum Gasteiger partial charge on any atom is 0.255 e. The lowest BCUT2D eigenvalue weighted by Crippen LogP contribution is -2.38. The lowest BCUT2D eigenvalue weighted by Gasteiger charge is -2.36. The number of allylic oxidation sites excluding steroid dienone is 1. The molecule has 0 atom stereocenters. The lowest BCUT2D eigenvalue weighted by atomic mass is 9.71. The monoisotopic (exact) mass is 382 g/mol. The van der Waals surface area contributed by atoms with E-state index in [1.807, 2.05) is 0 Å². The molecule has 3 aliphatic rings. The summed E-state index contributed by atoms with van der Waals surface area (Å²) in [6.07, 6.45) is 9.04. The maximum absolute atomic E-state index is 12.7. The molecule has 1 N–H and O–H groups in total. The van der Waals surface area contributed by atoms with Crippen molar-refractivity contribution in [2.45, 2.75) is 78.7 Å². The normalized spacial score (nSPS) is 22.8. The number of hydrogen-bond acceptors (Lipinski definition) is 4. The highest BCUT2D eigenvalue weighted by molar-refractivity contribution is 5.97. The molecule has 0 aromatic carbocycles. The van der Waals surface area contributed by atoms with Crippen molar-refractivity contribution in [1.29, 1.82) is 0 Å². The van der Waals surface area contributed by atoms with E-state index < -0.39 is 0 Å². The summed E-state index contributed by atoms with van der Waals surface area (Å²) in [7, 11) is 0. The van der Waals surface area contributed by atoms with Crippen molar-refractivity contribution in [1.82, 2.24) is 14.9 Å². The number of aromatic nitrogens is 2. The molecule has 2 aliphatic heterocycles. The predicted octanol–water partition coefficient (Wildman–Crippen LogP) is 4.02. The molecule has 152 valence electrons. The summed E-state index contributed by atoms with van der Waals surface area (Å²) in [5.74, 6) is 0.710. The molecule has 5 nitrogen and oxygen atoms in total. The van der Waals surface area contributed by atoms with Crippen LogP contribution >= 0.6 is 0 Å². The van der Waals surface area contributed by atoms with Crippen LogP contribution in [0.15, 0.2) is 20.9 Å². The van der Waals surface area contributed by atoms with Gasteiger partial charge in [0.05, 0.1) is 17.0 Å². The quantitative estimate of drug-likeness (QED) is 0.800. The van der Waals surface area contributed by atoms with Gasteiger partial charge in [-0.15, -0.1) is 0 Å². The number of rotatable bonds is 4. The molecule has 3 heterocycles. The number of H-pyrrole nitrogens is 1. The standard InChI is InChI=1S/C23H34N4O/c1-16-7-6-11-23(2,3)18(16)9-13-27-14-10-19-17(15-27)22(28)26-21(25-19)20-8-4-5-12-24-20/h4-15H2,1-3H3,(H,25,26,28). The smallest absolute Gasteiger partial charge is 0.255 e. The molecule has 1 aromatic heterocycles. The van der Waals surface area contributed by atoms with Gasteiger partial charge in [-0.05, 0) is 57.3 Å². The topological polar surface area (TPSA) is 61.4 Å². The van der Waals surface area contributed by atoms with E-state index in [0.29, 0.717) is 11.2 Å². The van der Waals surface area contributed by atoms with Gasteiger partial charge in [0.15, 0.2) is 5.82 Å². The summed E-state index contributed by atoms with van der Waals surface area (Å²) >= 11 is 0. The van der Waals surface area contributed by atoms with Crippen LogP contribution in [0.25, 0.3) is 0 Å². The number of fused-ring (bicyclic) bond motifs is 1. The van der Waals surface area contributed by atoms with Crippen LogP contribution in [0.1, 0.15) is 82.8 Å². The molecule has 0 saturated heterocycles. The Morgan fingerprint density at radius 3 is 2.75 bits per heavy atom. The number of nitrogens with one attached hydrogen (secondary N) is 1. The van der Waals surface area contributed by atoms with Crippen molar-refractivity contribution in [2.24, 2.45) is 10.4 Å². The zero-order valence-electron chi connectivity index (χ0n) is 17.7. The number of aliphatic imine (C=N–C) groups is 1. The van der Waals surface area contributed by atoms with E-state index >= 15 is 0 Å². The summed E-state index contributed by atoms with van der Waals surface area (Å²) in [5, 5.41) is 0. The van der Waals surface area contributed by atoms with Gasteiger partial charge in [0.1, 0.15) is 0 Å². The van der Waals surface area contributed by atoms with Crippen molar-refractivity contribution in [3.63, 3.8) is 0 Å². The average Bonchev–Trinajstić information content (AvgIpc) is 2.68. The van der Waals surface area contributed by atoms with Gasteiger partial charge in [-0.25, -0.2) is 4.98 Å². The van der Waals surface area contributed by atoms with Crippen molar-refractivity contribution in [2.75, 3.05) is 19.6 Å². The predicted molar refractivity (Wildman–Crippen MR) is 114 cm³/mol. The summed E-state index contributed by atoms with van der Waals surface area (Å²) in [6.45, 7) is 10.7. The Balaban J connectivity index is 1.47. The molecule has 0 spiro atoms. The molecule has 0 amide bonds. The summed E-state index contributed by atoms with van der Waals surface area (Å²) < 4.78 is 0. The summed E-state index contributed by atoms with van der Waals surface area (Å²) in [5.41, 5.74) is 6.41. The summed E-state index contributed by atoms with van der Waals surface area (Å²) in [6, 6.07) is 0. The van der Waals surface area contributed by atoms with E-state index in [9.17, 15) is 4.79 Å². The Labute approximate surface area is 168 Å². The second-order valence-corrected chi connectivity index (χ2v) is 9.40. The molecule has 0 saturated carbocycles. The van der Waals surface area contributed by atoms with Crippen LogP contribution in [0.3, 0.4) is 0 Å². The fourth-order valence-electron chi connectivity index (χ4n) is 5.20. The Morgan fingerprint density at radius 2 is 2.00 bits per heavy atom. The first-order valence-corrected chi connectivity index (χ1v) is 11.0. The molecular formula is C23H34N4O. The van der Waals surface area contributed by atoms with Crippen molar-refractivity contribution >= 4 is 5.71 Å². The first-order valence-electron chi connectivity index (χ1n) is 11.0. The molecule has 1 aliphatic carbocycles. The first kappa shape index (κ1) is 19.6. The highest BCUT2D eigenvalue weighted by Gasteiger charge is 2.29. The SMILES string of the molecule is CC1=C(CCN2CCc3nc(C4=NCCCC4)[nH]c(=O)c3C2)C(C)(C)CCC1. The minimum atomic E-state index is 0.0337. The van der Waals surface area contributed by atoms with E-state index in [1.165, 1.54) is 19.3 Å². The maximum atomic E-state index is 12.7. The van der Waals surface area contributed by atoms with E-state index in [1.54, 1.807) is 11.1 Å². The van der Waals surface area contributed by atoms with Gasteiger partial charge in [-0.1, -0.05) is 25.0 Å². The molecule has 1 aromatic rings. The molecular weight excluding hydrogens is 348 g/mol. The molecule has 5 heteroatoms. The van der Waals surface area contributed by atoms with E-state index in [4.69, 9.17) is 4.98 Å². The molecule has 0 fully saturated rings. The van der Waals surface area contributed by atoms with Gasteiger partial charge in [-0.2, -0.15) is 0 Å². The van der Waals surface area contributed by atoms with Crippen LogP contribution in [0.4, 0.5) is 0 Å². The van der Waals surface area contributed by atoms with Gasteiger partial charge in [0, 0.05) is 32.6 Å². The van der Waals surface area contributed by atoms with Crippen molar-refractivity contribution in [3.05, 3.63) is 38.6 Å². The third-order valence-electron chi connectivity index (χ3n) is 6.91. The zero-order valence-corrected chi connectivity index (χ0v) is 17.7. The van der Waals surface area contributed by atoms with Crippen LogP contribution in [0.2, 0.25) is 0 Å². The molecule has 0 bridgehead atoms. The second kappa shape index (κ2) is 7.94. The largest absolute Gasteiger partial charge is 0.305 e. The van der Waals surface area contributed by atoms with Crippen LogP contribution in [-0.4, -0.2) is 40.2 Å². The van der Waals surface area contributed by atoms with Gasteiger partial charge >= 0.3 is 0 Å². The third-order valence-corrected chi connectivity index (χ3v) is 6.91. The van der Waals surface area contributed by atoms with Crippen LogP contribution in [0, 0.1) is 5.41 Å². The Kier molecular flexibility index (Phi) is 5.55. The number of nitrogens with zero attached hydrogens (tertiary/aromatic N) is 3. The average molecular weight is 383 g/mol. The Bertz CT molecular complexity index is 862. The zero-order chi connectivity index (χ0) is 19.7. The van der Waals surface area contributed by atoms with E-state index in [-0.39, 0.29) is 5.56 Å². The summed E-state index contributed by atoms with van der Waals surface area (Å²) in [4.78, 5) is 27.6. The van der Waals surface area contributed by atoms with Crippen molar-refractivity contribution < 1.29 is 0 Å². The van der Waals surface area contributed by atoms with Crippen LogP contribution in [0.5, 0.6) is 0 Å². The highest BCUT2D eigenvalue weighted by Crippen LogP contribution is 2.41. The van der Waals surface area contributed by atoms with Crippen LogP contribution < -0.4 is 5.56 Å². The number of aromatic amines is 1. The van der Waals surface area contributed by atoms with Gasteiger partial charge in [0.2, 0.25) is 0 Å². The van der Waals surface area contributed by atoms with Crippen LogP contribution in [-0.2, 0) is 13.0 Å². The van der Waals surface area contributed by atoms with Gasteiger partial charge in [0.25, 0.3) is 5.56 Å². The second-order valence-electron chi connectivity index (χ2n) is 9.40. The highest BCUT2D eigenvalue weighted by atomic mass is 16.1. The van der Waals surface area contributed by atoms with E-state index in [2.05, 4.69) is 35.6 Å². The van der Waals surface area contributed by atoms with Gasteiger partial charge in [-0.3, -0.25) is 14.7 Å². The molecule has 4 rings (SSSR count). The van der Waals surface area contributed by atoms with E-state index in [0.717, 1.165) is 75.3 Å². The molecule has 0 radical (unpaired) electrons. The van der Waals surface area contributed by atoms with Crippen molar-refractivity contribution in [3.8, 4) is 0 Å². The van der Waals surface area contributed by atoms with Gasteiger partial charge < -0.3 is 4.98 Å². The minimum absolute atomic E-state index is 0.0337. The lowest BCUT2D eigenvalue weighted by molar-refractivity contribution is 0.241. The fraction of sp³-hybridized carbons (Fsp3) is 0.696. The number of hydrogen-bond donors (Lipinski definition) is 1. The molecule has 0 unspecified atom stereocenters. The third kappa shape index (κ3) is 4.00. The molecule has 28 heavy (non-hydrogen) atoms. The Morgan fingerprint density at radius 1 is 1.14 bits per heavy atom.